The van der Waals surface area contributed by atoms with E-state index in [0.717, 1.165) is 6.07 Å². The number of hydrogen-bond donors (Lipinski definition) is 2. The summed E-state index contributed by atoms with van der Waals surface area (Å²) in [6.07, 6.45) is 0.389. The molecule has 0 aliphatic carbocycles. The molecule has 4 nitrogen and oxygen atoms in total. The summed E-state index contributed by atoms with van der Waals surface area (Å²) in [4.78, 5) is 11.1. The van der Waals surface area contributed by atoms with Crippen LogP contribution in [-0.4, -0.2) is 16.6 Å². The van der Waals surface area contributed by atoms with Crippen molar-refractivity contribution in [3.05, 3.63) is 35.1 Å². The SMILES string of the molecule is CCC(C)(NCc1ccc(C#N)cc1F)C(=O)O. The molecule has 1 aromatic carbocycles. The van der Waals surface area contributed by atoms with E-state index >= 15 is 0 Å². The number of aliphatic carboxylic acids is 1. The third kappa shape index (κ3) is 3.05. The van der Waals surface area contributed by atoms with Gasteiger partial charge in [0.25, 0.3) is 0 Å². The number of nitrogens with zero attached hydrogens (tertiary/aromatic N) is 1. The molecule has 0 spiro atoms. The molecule has 5 heteroatoms. The van der Waals surface area contributed by atoms with Crippen LogP contribution >= 0.6 is 0 Å². The zero-order chi connectivity index (χ0) is 13.8. The van der Waals surface area contributed by atoms with Gasteiger partial charge in [0.05, 0.1) is 11.6 Å². The van der Waals surface area contributed by atoms with E-state index in [1.54, 1.807) is 13.8 Å². The van der Waals surface area contributed by atoms with Gasteiger partial charge in [-0.3, -0.25) is 10.1 Å². The summed E-state index contributed by atoms with van der Waals surface area (Å²) in [7, 11) is 0. The number of carboxylic acids is 1. The van der Waals surface area contributed by atoms with Crippen LogP contribution in [0.1, 0.15) is 31.4 Å². The Morgan fingerprint density at radius 1 is 1.61 bits per heavy atom. The lowest BCUT2D eigenvalue weighted by Gasteiger charge is -2.24. The minimum Gasteiger partial charge on any atom is -0.480 e. The maximum atomic E-state index is 13.6. The molecule has 0 bridgehead atoms. The Balaban J connectivity index is 2.81. The molecule has 0 fully saturated rings. The van der Waals surface area contributed by atoms with Crippen LogP contribution < -0.4 is 5.32 Å². The van der Waals surface area contributed by atoms with Crippen LogP contribution in [0.2, 0.25) is 0 Å². The summed E-state index contributed by atoms with van der Waals surface area (Å²) in [5.74, 6) is -1.48. The number of benzene rings is 1. The highest BCUT2D eigenvalue weighted by molar-refractivity contribution is 5.78. The molecule has 0 saturated heterocycles. The van der Waals surface area contributed by atoms with E-state index in [-0.39, 0.29) is 12.1 Å². The van der Waals surface area contributed by atoms with E-state index in [0.29, 0.717) is 12.0 Å². The molecule has 96 valence electrons. The summed E-state index contributed by atoms with van der Waals surface area (Å²) in [6.45, 7) is 3.40. The molecule has 1 aromatic rings. The van der Waals surface area contributed by atoms with Crippen LogP contribution in [0.25, 0.3) is 0 Å². The number of rotatable bonds is 5. The average molecular weight is 250 g/mol. The second-order valence-electron chi connectivity index (χ2n) is 4.26. The fraction of sp³-hybridized carbons (Fsp3) is 0.385. The number of halogens is 1. The molecule has 1 atom stereocenters. The van der Waals surface area contributed by atoms with E-state index in [4.69, 9.17) is 10.4 Å². The van der Waals surface area contributed by atoms with Crippen molar-refractivity contribution in [1.29, 1.82) is 5.26 Å². The topological polar surface area (TPSA) is 73.1 Å². The van der Waals surface area contributed by atoms with E-state index in [1.807, 2.05) is 6.07 Å². The van der Waals surface area contributed by atoms with Crippen molar-refractivity contribution >= 4 is 5.97 Å². The van der Waals surface area contributed by atoms with E-state index < -0.39 is 17.3 Å². The van der Waals surface area contributed by atoms with Crippen LogP contribution in [0.5, 0.6) is 0 Å². The first-order valence-corrected chi connectivity index (χ1v) is 5.60. The van der Waals surface area contributed by atoms with Crippen LogP contribution in [-0.2, 0) is 11.3 Å². The van der Waals surface area contributed by atoms with Crippen molar-refractivity contribution in [2.45, 2.75) is 32.4 Å². The van der Waals surface area contributed by atoms with Gasteiger partial charge in [0, 0.05) is 12.1 Å². The van der Waals surface area contributed by atoms with Gasteiger partial charge in [0.15, 0.2) is 0 Å². The van der Waals surface area contributed by atoms with Gasteiger partial charge in [0.1, 0.15) is 11.4 Å². The summed E-state index contributed by atoms with van der Waals surface area (Å²) in [5.41, 5.74) is -0.497. The zero-order valence-corrected chi connectivity index (χ0v) is 10.3. The Morgan fingerprint density at radius 3 is 2.72 bits per heavy atom. The van der Waals surface area contributed by atoms with E-state index in [9.17, 15) is 9.18 Å². The van der Waals surface area contributed by atoms with Crippen molar-refractivity contribution in [3.8, 4) is 6.07 Å². The molecule has 2 N–H and O–H groups in total. The summed E-state index contributed by atoms with van der Waals surface area (Å²) in [6, 6.07) is 5.97. The molecule has 0 aromatic heterocycles. The first kappa shape index (κ1) is 14.1. The first-order chi connectivity index (χ1) is 8.42. The van der Waals surface area contributed by atoms with Crippen molar-refractivity contribution in [1.82, 2.24) is 5.32 Å². The van der Waals surface area contributed by atoms with E-state index in [1.165, 1.54) is 12.1 Å². The zero-order valence-electron chi connectivity index (χ0n) is 10.3. The fourth-order valence-corrected chi connectivity index (χ4v) is 1.40. The molecular formula is C13H15FN2O2. The van der Waals surface area contributed by atoms with Gasteiger partial charge in [-0.25, -0.2) is 4.39 Å². The van der Waals surface area contributed by atoms with Gasteiger partial charge in [0.2, 0.25) is 0 Å². The molecule has 0 aliphatic heterocycles. The lowest BCUT2D eigenvalue weighted by atomic mass is 9.98. The summed E-state index contributed by atoms with van der Waals surface area (Å²) in [5, 5.41) is 20.5. The Hall–Kier alpha value is -1.93. The van der Waals surface area contributed by atoms with Gasteiger partial charge in [-0.1, -0.05) is 13.0 Å². The largest absolute Gasteiger partial charge is 0.480 e. The molecule has 0 aliphatic rings. The Morgan fingerprint density at radius 2 is 2.28 bits per heavy atom. The highest BCUT2D eigenvalue weighted by Crippen LogP contribution is 2.14. The number of nitriles is 1. The maximum absolute atomic E-state index is 13.6. The fourth-order valence-electron chi connectivity index (χ4n) is 1.40. The monoisotopic (exact) mass is 250 g/mol. The molecule has 0 amide bonds. The molecular weight excluding hydrogens is 235 g/mol. The Labute approximate surface area is 105 Å². The summed E-state index contributed by atoms with van der Waals surface area (Å²) >= 11 is 0. The van der Waals surface area contributed by atoms with Crippen molar-refractivity contribution < 1.29 is 14.3 Å². The lowest BCUT2D eigenvalue weighted by molar-refractivity contribution is -0.144. The van der Waals surface area contributed by atoms with Crippen LogP contribution in [0.3, 0.4) is 0 Å². The van der Waals surface area contributed by atoms with Gasteiger partial charge < -0.3 is 5.11 Å². The number of nitrogens with one attached hydrogen (secondary N) is 1. The predicted octanol–water partition coefficient (Wildman–Crippen LogP) is 2.04. The average Bonchev–Trinajstić information content (AvgIpc) is 2.36. The summed E-state index contributed by atoms with van der Waals surface area (Å²) < 4.78 is 13.6. The van der Waals surface area contributed by atoms with Crippen molar-refractivity contribution in [2.24, 2.45) is 0 Å². The molecule has 0 radical (unpaired) electrons. The third-order valence-electron chi connectivity index (χ3n) is 3.03. The lowest BCUT2D eigenvalue weighted by Crippen LogP contribution is -2.48. The second-order valence-corrected chi connectivity index (χ2v) is 4.26. The smallest absolute Gasteiger partial charge is 0.323 e. The van der Waals surface area contributed by atoms with Crippen LogP contribution in [0.4, 0.5) is 4.39 Å². The Bertz CT molecular complexity index is 496. The second kappa shape index (κ2) is 5.61. The predicted molar refractivity (Wildman–Crippen MR) is 64.3 cm³/mol. The number of carbonyl (C=O) groups is 1. The number of hydrogen-bond acceptors (Lipinski definition) is 3. The van der Waals surface area contributed by atoms with Crippen LogP contribution in [0.15, 0.2) is 18.2 Å². The molecule has 18 heavy (non-hydrogen) atoms. The van der Waals surface area contributed by atoms with Gasteiger partial charge in [-0.2, -0.15) is 5.26 Å². The molecule has 0 heterocycles. The minimum atomic E-state index is -1.08. The highest BCUT2D eigenvalue weighted by atomic mass is 19.1. The number of carboxylic acid groups (broad SMARTS) is 1. The van der Waals surface area contributed by atoms with Gasteiger partial charge in [-0.15, -0.1) is 0 Å². The Kier molecular flexibility index (Phi) is 4.40. The quantitative estimate of drug-likeness (QED) is 0.838. The normalized spacial score (nSPS) is 13.7. The van der Waals surface area contributed by atoms with Crippen LogP contribution in [0, 0.1) is 17.1 Å². The molecule has 1 rings (SSSR count). The molecule has 0 saturated carbocycles. The van der Waals surface area contributed by atoms with E-state index in [2.05, 4.69) is 5.32 Å². The molecule has 1 unspecified atom stereocenters. The maximum Gasteiger partial charge on any atom is 0.323 e. The standard InChI is InChI=1S/C13H15FN2O2/c1-3-13(2,12(17)18)16-8-10-5-4-9(7-15)6-11(10)14/h4-6,16H,3,8H2,1-2H3,(H,17,18). The first-order valence-electron chi connectivity index (χ1n) is 5.60. The van der Waals surface area contributed by atoms with Gasteiger partial charge >= 0.3 is 5.97 Å². The van der Waals surface area contributed by atoms with Crippen molar-refractivity contribution in [2.75, 3.05) is 0 Å². The third-order valence-corrected chi connectivity index (χ3v) is 3.03. The highest BCUT2D eigenvalue weighted by Gasteiger charge is 2.30. The van der Waals surface area contributed by atoms with Gasteiger partial charge in [-0.05, 0) is 25.5 Å². The van der Waals surface area contributed by atoms with Crippen molar-refractivity contribution in [3.63, 3.8) is 0 Å². The minimum absolute atomic E-state index is 0.105.